The quantitative estimate of drug-likeness (QED) is 0.174. The number of nitrogens with one attached hydrogen (secondary N) is 3. The lowest BCUT2D eigenvalue weighted by molar-refractivity contribution is -0.160. The Bertz CT molecular complexity index is 1650. The van der Waals surface area contributed by atoms with Crippen LogP contribution in [0.3, 0.4) is 0 Å². The number of fused-ring (bicyclic) bond motifs is 1. The van der Waals surface area contributed by atoms with Crippen molar-refractivity contribution in [1.29, 1.82) is 0 Å². The summed E-state index contributed by atoms with van der Waals surface area (Å²) in [6.45, 7) is 13.7. The lowest BCUT2D eigenvalue weighted by Crippen LogP contribution is -2.62. The number of esters is 2. The van der Waals surface area contributed by atoms with E-state index in [1.807, 2.05) is 43.3 Å². The van der Waals surface area contributed by atoms with Crippen molar-refractivity contribution in [2.45, 2.75) is 109 Å². The summed E-state index contributed by atoms with van der Waals surface area (Å²) in [6, 6.07) is 6.49. The van der Waals surface area contributed by atoms with Crippen molar-refractivity contribution in [3.05, 3.63) is 47.7 Å². The Morgan fingerprint density at radius 1 is 1.04 bits per heavy atom. The maximum Gasteiger partial charge on any atom is 0.325 e. The summed E-state index contributed by atoms with van der Waals surface area (Å²) in [7, 11) is 0. The van der Waals surface area contributed by atoms with Crippen molar-refractivity contribution >= 4 is 81.4 Å². The second-order valence-corrected chi connectivity index (χ2v) is 17.3. The Morgan fingerprint density at radius 2 is 1.71 bits per heavy atom. The van der Waals surface area contributed by atoms with Crippen LogP contribution in [-0.4, -0.2) is 80.3 Å². The zero-order valence-electron chi connectivity index (χ0n) is 31.0. The molecule has 15 heteroatoms. The Morgan fingerprint density at radius 3 is 2.33 bits per heavy atom. The molecule has 1 aromatic heterocycles. The smallest absolute Gasteiger partial charge is 0.325 e. The Hall–Kier alpha value is -3.45. The van der Waals surface area contributed by atoms with Crippen LogP contribution in [0.5, 0.6) is 0 Å². The first kappa shape index (κ1) is 43.0. The first-order valence-electron chi connectivity index (χ1n) is 17.3. The summed E-state index contributed by atoms with van der Waals surface area (Å²) in [5, 5.41) is 7.66. The van der Waals surface area contributed by atoms with Crippen LogP contribution in [0.2, 0.25) is 0 Å². The van der Waals surface area contributed by atoms with Gasteiger partial charge in [0, 0.05) is 17.6 Å². The number of nitrogens with zero attached hydrogens (tertiary/aromatic N) is 2. The molecule has 3 N–H and O–H groups in total. The fourth-order valence-corrected chi connectivity index (χ4v) is 5.45. The third kappa shape index (κ3) is 13.2. The molecule has 0 saturated carbocycles. The van der Waals surface area contributed by atoms with E-state index < -0.39 is 81.5 Å². The van der Waals surface area contributed by atoms with Crippen LogP contribution in [0.25, 0.3) is 17.0 Å². The van der Waals surface area contributed by atoms with Crippen molar-refractivity contribution in [3.8, 4) is 0 Å². The number of pyridine rings is 1. The van der Waals surface area contributed by atoms with Gasteiger partial charge < -0.3 is 20.1 Å². The van der Waals surface area contributed by atoms with Gasteiger partial charge in [0.25, 0.3) is 5.91 Å². The molecule has 2 aromatic rings. The van der Waals surface area contributed by atoms with Crippen LogP contribution < -0.4 is 16.1 Å². The minimum Gasteiger partial charge on any atom is -0.460 e. The third-order valence-corrected chi connectivity index (χ3v) is 8.50. The largest absolute Gasteiger partial charge is 0.460 e. The standard InChI is InChI=1S/C37H50Cl3N5O7/c1-9-25-15-14-24-13-12-23(19-27(24)41-25)16-17-36(7,8)34(50)43-30(22(2)3)31(47)42-28(20-29(46)52-35(4,5)6)32(48)45-18-10-11-26(44-45)33(49)51-21-37(38,39)40/h12-17,19,22,26,28,30,44H,9-11,18,20-21H2,1-8H3,(H,42,47)(H,43,50)/b17-16+. The zero-order valence-corrected chi connectivity index (χ0v) is 33.2. The highest BCUT2D eigenvalue weighted by molar-refractivity contribution is 6.67. The zero-order chi connectivity index (χ0) is 39.0. The number of ether oxygens (including phenoxy) is 2. The molecule has 2 heterocycles. The van der Waals surface area contributed by atoms with Crippen molar-refractivity contribution in [2.75, 3.05) is 13.2 Å². The Kier molecular flexibility index (Phi) is 14.9. The van der Waals surface area contributed by atoms with Crippen LogP contribution in [0.4, 0.5) is 0 Å². The number of alkyl halides is 3. The van der Waals surface area contributed by atoms with Gasteiger partial charge in [-0.3, -0.25) is 34.0 Å². The molecule has 1 aromatic carbocycles. The molecule has 0 bridgehead atoms. The van der Waals surface area contributed by atoms with E-state index in [1.165, 1.54) is 0 Å². The molecule has 1 aliphatic rings. The van der Waals surface area contributed by atoms with E-state index in [2.05, 4.69) is 21.0 Å². The van der Waals surface area contributed by atoms with Crippen LogP contribution >= 0.6 is 34.8 Å². The van der Waals surface area contributed by atoms with E-state index >= 15 is 0 Å². The summed E-state index contributed by atoms with van der Waals surface area (Å²) in [4.78, 5) is 71.6. The summed E-state index contributed by atoms with van der Waals surface area (Å²) in [5.41, 5.74) is 3.61. The third-order valence-electron chi connectivity index (χ3n) is 8.17. The molecule has 3 amide bonds. The van der Waals surface area contributed by atoms with Gasteiger partial charge in [0.15, 0.2) is 0 Å². The Balaban J connectivity index is 1.77. The Labute approximate surface area is 320 Å². The molecule has 12 nitrogen and oxygen atoms in total. The second-order valence-electron chi connectivity index (χ2n) is 14.7. The van der Waals surface area contributed by atoms with Gasteiger partial charge in [-0.2, -0.15) is 0 Å². The number of aromatic nitrogens is 1. The lowest BCUT2D eigenvalue weighted by Gasteiger charge is -2.35. The van der Waals surface area contributed by atoms with Gasteiger partial charge >= 0.3 is 11.9 Å². The number of rotatable bonds is 13. The SMILES string of the molecule is CCc1ccc2ccc(/C=C/C(C)(C)C(=O)NC(C(=O)NC(CC(=O)OC(C)(C)C)C(=O)N3CCCC(C(=O)OCC(Cl)(Cl)Cl)N3)C(C)C)cc2n1. The van der Waals surface area contributed by atoms with Crippen molar-refractivity contribution in [2.24, 2.45) is 11.3 Å². The predicted molar refractivity (Wildman–Crippen MR) is 202 cm³/mol. The summed E-state index contributed by atoms with van der Waals surface area (Å²) >= 11 is 17.1. The number of benzene rings is 1. The topological polar surface area (TPSA) is 156 Å². The molecule has 1 aliphatic heterocycles. The van der Waals surface area contributed by atoms with E-state index in [1.54, 1.807) is 54.5 Å². The summed E-state index contributed by atoms with van der Waals surface area (Å²) in [6.07, 6.45) is 4.64. The first-order chi connectivity index (χ1) is 24.1. The van der Waals surface area contributed by atoms with E-state index in [0.717, 1.165) is 33.6 Å². The highest BCUT2D eigenvalue weighted by atomic mass is 35.6. The highest BCUT2D eigenvalue weighted by Gasteiger charge is 2.38. The molecule has 286 valence electrons. The minimum atomic E-state index is -1.82. The molecular weight excluding hydrogens is 733 g/mol. The molecule has 0 radical (unpaired) electrons. The number of hydrogen-bond donors (Lipinski definition) is 3. The number of carbonyl (C=O) groups is 5. The van der Waals surface area contributed by atoms with E-state index in [0.29, 0.717) is 12.8 Å². The summed E-state index contributed by atoms with van der Waals surface area (Å²) < 4.78 is 8.72. The molecule has 0 aliphatic carbocycles. The minimum absolute atomic E-state index is 0.172. The average molecular weight is 783 g/mol. The van der Waals surface area contributed by atoms with Crippen LogP contribution in [0.1, 0.15) is 85.9 Å². The molecular formula is C37H50Cl3N5O7. The van der Waals surface area contributed by atoms with E-state index in [4.69, 9.17) is 44.3 Å². The monoisotopic (exact) mass is 781 g/mol. The number of carbonyl (C=O) groups excluding carboxylic acids is 5. The molecule has 0 spiro atoms. The van der Waals surface area contributed by atoms with Gasteiger partial charge in [-0.05, 0) is 77.5 Å². The first-order valence-corrected chi connectivity index (χ1v) is 18.4. The normalized spacial score (nSPS) is 16.8. The van der Waals surface area contributed by atoms with Gasteiger partial charge in [-0.1, -0.05) is 85.9 Å². The average Bonchev–Trinajstić information content (AvgIpc) is 3.06. The molecule has 1 saturated heterocycles. The van der Waals surface area contributed by atoms with Crippen LogP contribution in [0, 0.1) is 11.3 Å². The molecule has 3 unspecified atom stereocenters. The van der Waals surface area contributed by atoms with E-state index in [-0.39, 0.29) is 6.54 Å². The number of halogens is 3. The predicted octanol–water partition coefficient (Wildman–Crippen LogP) is 5.60. The molecule has 1 fully saturated rings. The second kappa shape index (κ2) is 18.1. The van der Waals surface area contributed by atoms with Gasteiger partial charge in [-0.25, -0.2) is 5.43 Å². The maximum absolute atomic E-state index is 13.9. The number of hydrogen-bond acceptors (Lipinski definition) is 9. The maximum atomic E-state index is 13.9. The molecule has 3 atom stereocenters. The van der Waals surface area contributed by atoms with Gasteiger partial charge in [0.1, 0.15) is 30.3 Å². The van der Waals surface area contributed by atoms with E-state index in [9.17, 15) is 24.0 Å². The van der Waals surface area contributed by atoms with Crippen molar-refractivity contribution in [3.63, 3.8) is 0 Å². The highest BCUT2D eigenvalue weighted by Crippen LogP contribution is 2.27. The number of aryl methyl sites for hydroxylation is 1. The van der Waals surface area contributed by atoms with Gasteiger partial charge in [0.2, 0.25) is 15.6 Å². The molecule has 52 heavy (non-hydrogen) atoms. The summed E-state index contributed by atoms with van der Waals surface area (Å²) in [5.74, 6) is -3.65. The molecule has 3 rings (SSSR count). The fourth-order valence-electron chi connectivity index (χ4n) is 5.29. The van der Waals surface area contributed by atoms with Crippen LogP contribution in [0.15, 0.2) is 36.4 Å². The van der Waals surface area contributed by atoms with Crippen LogP contribution in [-0.2, 0) is 39.9 Å². The van der Waals surface area contributed by atoms with Crippen molar-refractivity contribution < 1.29 is 33.4 Å². The number of hydrazine groups is 1. The number of amides is 3. The lowest BCUT2D eigenvalue weighted by atomic mass is 9.89. The fraction of sp³-hybridized carbons (Fsp3) is 0.568. The van der Waals surface area contributed by atoms with Gasteiger partial charge in [0.05, 0.1) is 17.4 Å². The van der Waals surface area contributed by atoms with Crippen molar-refractivity contribution in [1.82, 2.24) is 26.1 Å². The van der Waals surface area contributed by atoms with Gasteiger partial charge in [-0.15, -0.1) is 0 Å².